The fraction of sp³-hybridized carbons (Fsp3) is 0.286. The van der Waals surface area contributed by atoms with Crippen LogP contribution in [0.4, 0.5) is 5.69 Å². The Hall–Kier alpha value is -2.63. The lowest BCUT2D eigenvalue weighted by molar-refractivity contribution is -0.118. The quantitative estimate of drug-likeness (QED) is 0.280. The summed E-state index contributed by atoms with van der Waals surface area (Å²) in [7, 11) is -3.69. The molecule has 1 heterocycles. The van der Waals surface area contributed by atoms with Crippen LogP contribution < -0.4 is 15.4 Å². The molecular weight excluding hydrogens is 639 g/mol. The molecule has 212 valence electrons. The number of primary amides is 1. The summed E-state index contributed by atoms with van der Waals surface area (Å²) in [6, 6.07) is 19.6. The Balaban J connectivity index is 1.57. The molecule has 1 aliphatic heterocycles. The number of anilines is 1. The largest absolute Gasteiger partial charge is 0.370 e. The Morgan fingerprint density at radius 1 is 1.02 bits per heavy atom. The highest BCUT2D eigenvalue weighted by molar-refractivity contribution is 9.10. The summed E-state index contributed by atoms with van der Waals surface area (Å²) < 4.78 is 28.0. The Kier molecular flexibility index (Phi) is 9.79. The number of carbonyl (C=O) groups excluding carboxylic acids is 2. The Morgan fingerprint density at radius 3 is 2.08 bits per heavy atom. The smallest absolute Gasteiger partial charge is 0.251 e. The molecule has 0 bridgehead atoms. The van der Waals surface area contributed by atoms with Crippen molar-refractivity contribution >= 4 is 66.7 Å². The van der Waals surface area contributed by atoms with Crippen LogP contribution in [0.25, 0.3) is 0 Å². The van der Waals surface area contributed by atoms with E-state index in [2.05, 4.69) is 26.1 Å². The first kappa shape index (κ1) is 30.3. The molecular formula is C28H29BrCl2N4O4S. The number of amides is 2. The van der Waals surface area contributed by atoms with E-state index < -0.39 is 15.9 Å². The molecule has 1 aliphatic rings. The number of rotatable bonds is 11. The number of hydrogen-bond donors (Lipinski definition) is 2. The molecule has 3 aromatic rings. The summed E-state index contributed by atoms with van der Waals surface area (Å²) in [4.78, 5) is 25.9. The minimum absolute atomic E-state index is 0.128. The molecule has 4 rings (SSSR count). The van der Waals surface area contributed by atoms with Crippen molar-refractivity contribution in [1.82, 2.24) is 10.2 Å². The molecule has 3 aromatic carbocycles. The Morgan fingerprint density at radius 2 is 1.57 bits per heavy atom. The number of carbonyl (C=O) groups is 2. The molecule has 40 heavy (non-hydrogen) atoms. The van der Waals surface area contributed by atoms with Gasteiger partial charge in [0.2, 0.25) is 15.9 Å². The van der Waals surface area contributed by atoms with E-state index >= 15 is 0 Å². The molecule has 0 radical (unpaired) electrons. The van der Waals surface area contributed by atoms with E-state index in [9.17, 15) is 18.0 Å². The van der Waals surface area contributed by atoms with Crippen LogP contribution in [0.5, 0.6) is 0 Å². The molecule has 0 aromatic heterocycles. The second-order valence-corrected chi connectivity index (χ2v) is 13.3. The van der Waals surface area contributed by atoms with E-state index in [1.807, 2.05) is 48.5 Å². The number of sulfonamides is 1. The van der Waals surface area contributed by atoms with E-state index in [0.29, 0.717) is 45.3 Å². The van der Waals surface area contributed by atoms with Gasteiger partial charge in [-0.1, -0.05) is 63.4 Å². The predicted molar refractivity (Wildman–Crippen MR) is 162 cm³/mol. The van der Waals surface area contributed by atoms with Gasteiger partial charge in [-0.05, 0) is 60.0 Å². The zero-order chi connectivity index (χ0) is 29.0. The first-order chi connectivity index (χ1) is 18.9. The van der Waals surface area contributed by atoms with Crippen LogP contribution in [-0.2, 0) is 14.8 Å². The van der Waals surface area contributed by atoms with Crippen molar-refractivity contribution in [3.05, 3.63) is 97.9 Å². The van der Waals surface area contributed by atoms with Crippen molar-refractivity contribution < 1.29 is 18.0 Å². The van der Waals surface area contributed by atoms with Gasteiger partial charge in [0.15, 0.2) is 0 Å². The molecule has 1 fully saturated rings. The average molecular weight is 668 g/mol. The number of likely N-dealkylation sites (tertiary alicyclic amines) is 1. The Labute approximate surface area is 252 Å². The number of nitrogens with two attached hydrogens (primary N) is 1. The predicted octanol–water partition coefficient (Wildman–Crippen LogP) is 4.99. The normalized spacial score (nSPS) is 14.1. The topological polar surface area (TPSA) is 113 Å². The SMILES string of the molecule is CS(=O)(=O)N(c1cc(Br)cc(C(=O)NCCCC(N)=O)c1)C1CN(C(c2ccc(Cl)cc2)c2ccc(Cl)cc2)C1. The summed E-state index contributed by atoms with van der Waals surface area (Å²) in [5.74, 6) is -0.812. The van der Waals surface area contributed by atoms with Gasteiger partial charge in [0.1, 0.15) is 0 Å². The van der Waals surface area contributed by atoms with Crippen molar-refractivity contribution in [3.8, 4) is 0 Å². The fourth-order valence-corrected chi connectivity index (χ4v) is 6.72. The molecule has 0 saturated carbocycles. The molecule has 0 atom stereocenters. The van der Waals surface area contributed by atoms with Crippen LogP contribution in [0.2, 0.25) is 10.0 Å². The van der Waals surface area contributed by atoms with E-state index in [-0.39, 0.29) is 31.0 Å². The van der Waals surface area contributed by atoms with Gasteiger partial charge in [0.05, 0.1) is 24.0 Å². The molecule has 3 N–H and O–H groups in total. The second kappa shape index (κ2) is 12.9. The third-order valence-electron chi connectivity index (χ3n) is 6.60. The van der Waals surface area contributed by atoms with Crippen molar-refractivity contribution in [2.75, 3.05) is 30.2 Å². The van der Waals surface area contributed by atoms with Gasteiger partial charge in [-0.25, -0.2) is 8.42 Å². The summed E-state index contributed by atoms with van der Waals surface area (Å²) >= 11 is 15.7. The first-order valence-corrected chi connectivity index (χ1v) is 15.9. The van der Waals surface area contributed by atoms with Crippen LogP contribution in [0.3, 0.4) is 0 Å². The number of halogens is 3. The summed E-state index contributed by atoms with van der Waals surface area (Å²) in [5, 5.41) is 4.01. The van der Waals surface area contributed by atoms with Crippen molar-refractivity contribution in [3.63, 3.8) is 0 Å². The van der Waals surface area contributed by atoms with Gasteiger partial charge in [-0.3, -0.25) is 18.8 Å². The maximum absolute atomic E-state index is 13.0. The minimum Gasteiger partial charge on any atom is -0.370 e. The summed E-state index contributed by atoms with van der Waals surface area (Å²) in [5.41, 5.74) is 7.88. The van der Waals surface area contributed by atoms with Crippen molar-refractivity contribution in [2.45, 2.75) is 24.9 Å². The monoisotopic (exact) mass is 666 g/mol. The number of nitrogens with one attached hydrogen (secondary N) is 1. The van der Waals surface area contributed by atoms with E-state index in [1.54, 1.807) is 18.2 Å². The maximum atomic E-state index is 13.0. The molecule has 1 saturated heterocycles. The van der Waals surface area contributed by atoms with Gasteiger partial charge in [0.25, 0.3) is 5.91 Å². The number of hydrogen-bond acceptors (Lipinski definition) is 5. The third kappa shape index (κ3) is 7.55. The zero-order valence-electron chi connectivity index (χ0n) is 21.7. The average Bonchev–Trinajstić information content (AvgIpc) is 2.85. The maximum Gasteiger partial charge on any atom is 0.251 e. The highest BCUT2D eigenvalue weighted by Gasteiger charge is 2.41. The summed E-state index contributed by atoms with van der Waals surface area (Å²) in [6.07, 6.45) is 1.74. The molecule has 12 heteroatoms. The van der Waals surface area contributed by atoms with Gasteiger partial charge in [0, 0.05) is 46.1 Å². The van der Waals surface area contributed by atoms with E-state index in [4.69, 9.17) is 28.9 Å². The molecule has 0 spiro atoms. The number of benzene rings is 3. The Bertz CT molecular complexity index is 1440. The molecule has 0 aliphatic carbocycles. The van der Waals surface area contributed by atoms with Gasteiger partial charge in [-0.15, -0.1) is 0 Å². The fourth-order valence-electron chi connectivity index (χ4n) is 4.82. The van der Waals surface area contributed by atoms with Gasteiger partial charge in [-0.2, -0.15) is 0 Å². The lowest BCUT2D eigenvalue weighted by atomic mass is 9.93. The first-order valence-electron chi connectivity index (χ1n) is 12.5. The molecule has 8 nitrogen and oxygen atoms in total. The lowest BCUT2D eigenvalue weighted by Crippen LogP contribution is -2.61. The van der Waals surface area contributed by atoms with Crippen molar-refractivity contribution in [2.24, 2.45) is 5.73 Å². The van der Waals surface area contributed by atoms with E-state index in [1.165, 1.54) is 4.31 Å². The molecule has 0 unspecified atom stereocenters. The minimum atomic E-state index is -3.69. The van der Waals surface area contributed by atoms with Crippen molar-refractivity contribution in [1.29, 1.82) is 0 Å². The highest BCUT2D eigenvalue weighted by atomic mass is 79.9. The van der Waals surface area contributed by atoms with Crippen LogP contribution >= 0.6 is 39.1 Å². The summed E-state index contributed by atoms with van der Waals surface area (Å²) in [6.45, 7) is 1.20. The second-order valence-electron chi connectivity index (χ2n) is 9.70. The van der Waals surface area contributed by atoms with Crippen LogP contribution in [-0.4, -0.2) is 57.1 Å². The lowest BCUT2D eigenvalue weighted by Gasteiger charge is -2.48. The highest BCUT2D eigenvalue weighted by Crippen LogP contribution is 2.37. The standard InChI is InChI=1S/C28H29BrCl2N4O4S/c1-40(38,39)35(24-14-20(13-21(29)15-24)28(37)33-12-2-3-26(32)36)25-16-34(17-25)27(18-4-8-22(30)9-5-18)19-6-10-23(31)11-7-19/h4-11,13-15,25,27H,2-3,12,16-17H2,1H3,(H2,32,36)(H,33,37). The van der Waals surface area contributed by atoms with Crippen LogP contribution in [0, 0.1) is 0 Å². The number of nitrogens with zero attached hydrogens (tertiary/aromatic N) is 2. The van der Waals surface area contributed by atoms with Crippen LogP contribution in [0.1, 0.15) is 40.4 Å². The van der Waals surface area contributed by atoms with Crippen LogP contribution in [0.15, 0.2) is 71.2 Å². The zero-order valence-corrected chi connectivity index (χ0v) is 25.6. The molecule has 2 amide bonds. The van der Waals surface area contributed by atoms with Gasteiger partial charge >= 0.3 is 0 Å². The third-order valence-corrected chi connectivity index (χ3v) is 8.79. The van der Waals surface area contributed by atoms with E-state index in [0.717, 1.165) is 17.4 Å². The van der Waals surface area contributed by atoms with Gasteiger partial charge < -0.3 is 11.1 Å².